The lowest BCUT2D eigenvalue weighted by atomic mass is 10.1. The van der Waals surface area contributed by atoms with Gasteiger partial charge in [-0.3, -0.25) is 27.6 Å². The molecule has 0 spiro atoms. The Morgan fingerprint density at radius 3 is 1.64 bits per heavy atom. The van der Waals surface area contributed by atoms with Crippen LogP contribution in [-0.2, 0) is 60.2 Å². The van der Waals surface area contributed by atoms with E-state index in [4.69, 9.17) is 9.47 Å². The number of phenols is 2. The number of anilines is 1. The van der Waals surface area contributed by atoms with Crippen LogP contribution in [0.5, 0.6) is 23.0 Å². The number of amides is 1. The van der Waals surface area contributed by atoms with Gasteiger partial charge in [0.15, 0.2) is 11.5 Å². The first-order chi connectivity index (χ1) is 35.8. The summed E-state index contributed by atoms with van der Waals surface area (Å²) < 4.78 is 184. The maximum atomic E-state index is 13.4. The fourth-order valence-electron chi connectivity index (χ4n) is 7.10. The summed E-state index contributed by atoms with van der Waals surface area (Å²) in [5.41, 5.74) is -4.51. The number of benzene rings is 6. The third-order valence-corrected chi connectivity index (χ3v) is 14.8. The number of hydrazone groups is 1. The van der Waals surface area contributed by atoms with E-state index in [1.54, 1.807) is 0 Å². The molecule has 32 nitrogen and oxygen atoms in total. The molecule has 0 saturated heterocycles. The van der Waals surface area contributed by atoms with Gasteiger partial charge in [0, 0.05) is 34.4 Å². The molecule has 406 valence electrons. The number of carbonyl (C=O) groups excluding carboxylic acids is 1. The number of azo groups is 3. The van der Waals surface area contributed by atoms with Crippen LogP contribution in [-0.4, -0.2) is 140 Å². The summed E-state index contributed by atoms with van der Waals surface area (Å²) in [4.78, 5) is 20.3. The molecule has 0 fully saturated rings. The summed E-state index contributed by atoms with van der Waals surface area (Å²) in [6.07, 6.45) is 0. The Bertz CT molecular complexity index is 4190. The van der Waals surface area contributed by atoms with Gasteiger partial charge in [-0.25, -0.2) is 4.79 Å². The SMILES string of the molecule is O=C(O)C1=NN(c2ccc(S(=O)(=O)O)cc2)C(=O)C1/N=N/c1ccc2c(O)c(/N=N/c3cc(OCCO)c(/N=N/c4ccc(S(=O)(=O)O)c5cc(S(=O)(=O)O)cc(O)c45)cc3OCCO)c(S(=O)(=O)O)cc2c1S(=O)(=O)O. The zero-order valence-electron chi connectivity index (χ0n) is 37.7. The van der Waals surface area contributed by atoms with Gasteiger partial charge in [-0.05, 0) is 60.7 Å². The molecule has 6 aromatic carbocycles. The number of rotatable bonds is 19. The molecular formula is C40H32N8O24S5. The molecule has 0 aromatic heterocycles. The Kier molecular flexibility index (Phi) is 15.6. The van der Waals surface area contributed by atoms with Crippen LogP contribution in [0.25, 0.3) is 21.5 Å². The summed E-state index contributed by atoms with van der Waals surface area (Å²) in [7, 11) is -26.1. The highest BCUT2D eigenvalue weighted by molar-refractivity contribution is 7.87. The first-order valence-electron chi connectivity index (χ1n) is 20.5. The first kappa shape index (κ1) is 56.6. The third kappa shape index (κ3) is 12.0. The van der Waals surface area contributed by atoms with Crippen molar-refractivity contribution in [1.82, 2.24) is 0 Å². The molecule has 10 N–H and O–H groups in total. The number of carboxylic acids is 1. The van der Waals surface area contributed by atoms with Crippen LogP contribution in [0.3, 0.4) is 0 Å². The van der Waals surface area contributed by atoms with Crippen molar-refractivity contribution in [2.24, 2.45) is 35.8 Å². The van der Waals surface area contributed by atoms with E-state index in [0.29, 0.717) is 23.2 Å². The molecule has 77 heavy (non-hydrogen) atoms. The van der Waals surface area contributed by atoms with E-state index >= 15 is 0 Å². The molecular weight excluding hydrogens is 1140 g/mol. The van der Waals surface area contributed by atoms with Crippen molar-refractivity contribution in [3.8, 4) is 23.0 Å². The van der Waals surface area contributed by atoms with Gasteiger partial charge in [0.05, 0.1) is 39.8 Å². The van der Waals surface area contributed by atoms with E-state index in [-0.39, 0.29) is 17.1 Å². The van der Waals surface area contributed by atoms with E-state index < -0.39 is 187 Å². The summed E-state index contributed by atoms with van der Waals surface area (Å²) in [5.74, 6) is -6.10. The van der Waals surface area contributed by atoms with Gasteiger partial charge in [0.25, 0.3) is 56.5 Å². The van der Waals surface area contributed by atoms with Crippen molar-refractivity contribution < 1.29 is 109 Å². The minimum atomic E-state index is -5.62. The van der Waals surface area contributed by atoms with Crippen molar-refractivity contribution in [2.75, 3.05) is 31.4 Å². The predicted octanol–water partition coefficient (Wildman–Crippen LogP) is 4.15. The number of nitrogens with zero attached hydrogens (tertiary/aromatic N) is 8. The summed E-state index contributed by atoms with van der Waals surface area (Å²) >= 11 is 0. The largest absolute Gasteiger partial charge is 0.507 e. The molecule has 1 aliphatic heterocycles. The predicted molar refractivity (Wildman–Crippen MR) is 258 cm³/mol. The summed E-state index contributed by atoms with van der Waals surface area (Å²) in [6, 6.07) is 8.24. The molecule has 1 atom stereocenters. The van der Waals surface area contributed by atoms with Crippen LogP contribution < -0.4 is 14.5 Å². The average molecular weight is 1170 g/mol. The van der Waals surface area contributed by atoms with Gasteiger partial charge in [-0.2, -0.15) is 62.4 Å². The Balaban J connectivity index is 1.33. The summed E-state index contributed by atoms with van der Waals surface area (Å²) in [6.45, 7) is -2.31. The topological polar surface area (TPSA) is 515 Å². The number of hydrogen-bond acceptors (Lipinski definition) is 25. The lowest BCUT2D eigenvalue weighted by molar-refractivity contribution is -0.130. The van der Waals surface area contributed by atoms with Crippen LogP contribution in [0.4, 0.5) is 34.1 Å². The Labute approximate surface area is 431 Å². The standard InChI is InChI=1S/C40H32N8O24S5/c49-9-11-71-29-17-27(30(72-12-10-50)16-26(29)43-41-24-7-8-31(75(62,63)64)23-13-20(74(59,60)61)14-28(51)33(23)24)44-45-34-32(76(65,66)67)15-22-21(37(34)52)5-6-25(38(22)77(68,69)70)42-46-35-36(40(54)55)47-48(39(35)53)18-1-3-19(4-2-18)73(56,57)58/h1-8,13-17,35,49-52H,9-12H2,(H,54,55)(H,56,57,58)(H,59,60,61)(H,62,63,64)(H,65,66,67)(H,68,69,70)/b43-41+,45-44+,46-42+. The number of fused-ring (bicyclic) bond motifs is 2. The lowest BCUT2D eigenvalue weighted by Crippen LogP contribution is -2.33. The minimum Gasteiger partial charge on any atom is -0.507 e. The lowest BCUT2D eigenvalue weighted by Gasteiger charge is -2.14. The Hall–Kier alpha value is -8.08. The number of aromatic hydroxyl groups is 2. The first-order valence-corrected chi connectivity index (χ1v) is 27.7. The smallest absolute Gasteiger partial charge is 0.355 e. The van der Waals surface area contributed by atoms with E-state index in [1.165, 1.54) is 0 Å². The van der Waals surface area contributed by atoms with Gasteiger partial charge in [0.1, 0.15) is 67.9 Å². The molecule has 1 unspecified atom stereocenters. The average Bonchev–Trinajstić information content (AvgIpc) is 3.74. The molecule has 37 heteroatoms. The zero-order valence-corrected chi connectivity index (χ0v) is 41.8. The van der Waals surface area contributed by atoms with E-state index in [2.05, 4.69) is 35.8 Å². The second-order valence-electron chi connectivity index (χ2n) is 15.3. The second-order valence-corrected chi connectivity index (χ2v) is 22.3. The van der Waals surface area contributed by atoms with E-state index in [0.717, 1.165) is 60.7 Å². The van der Waals surface area contributed by atoms with Gasteiger partial charge < -0.3 is 35.0 Å². The number of aliphatic hydroxyl groups excluding tert-OH is 2. The third-order valence-electron chi connectivity index (χ3n) is 10.3. The minimum absolute atomic E-state index is 0.236. The highest BCUT2D eigenvalue weighted by Crippen LogP contribution is 2.48. The van der Waals surface area contributed by atoms with Gasteiger partial charge in [-0.1, -0.05) is 0 Å². The molecule has 6 aromatic rings. The molecule has 1 heterocycles. The Morgan fingerprint density at radius 1 is 0.571 bits per heavy atom. The van der Waals surface area contributed by atoms with Gasteiger partial charge >= 0.3 is 5.97 Å². The fraction of sp³-hybridized carbons (Fsp3) is 0.125. The number of carboxylic acid groups (broad SMARTS) is 1. The van der Waals surface area contributed by atoms with Crippen molar-refractivity contribution in [3.05, 3.63) is 78.9 Å². The fourth-order valence-corrected chi connectivity index (χ4v) is 10.3. The number of carbonyl (C=O) groups is 2. The number of ether oxygens (including phenoxy) is 2. The molecule has 0 bridgehead atoms. The van der Waals surface area contributed by atoms with E-state index in [1.807, 2.05) is 0 Å². The van der Waals surface area contributed by atoms with Crippen molar-refractivity contribution in [3.63, 3.8) is 0 Å². The quantitative estimate of drug-likeness (QED) is 0.0402. The molecule has 7 rings (SSSR count). The number of aliphatic carboxylic acids is 1. The van der Waals surface area contributed by atoms with Crippen molar-refractivity contribution in [2.45, 2.75) is 30.5 Å². The van der Waals surface area contributed by atoms with Crippen LogP contribution in [0, 0.1) is 0 Å². The normalized spacial score (nSPS) is 14.9. The second kappa shape index (κ2) is 21.2. The van der Waals surface area contributed by atoms with Crippen LogP contribution in [0.2, 0.25) is 0 Å². The number of hydrogen-bond donors (Lipinski definition) is 10. The maximum absolute atomic E-state index is 13.4. The summed E-state index contributed by atoms with van der Waals surface area (Å²) in [5, 5.41) is 75.6. The monoisotopic (exact) mass is 1170 g/mol. The van der Waals surface area contributed by atoms with E-state index in [9.17, 15) is 100.0 Å². The van der Waals surface area contributed by atoms with Crippen LogP contribution in [0.15, 0.2) is 139 Å². The highest BCUT2D eigenvalue weighted by atomic mass is 32.2. The molecule has 0 radical (unpaired) electrons. The van der Waals surface area contributed by atoms with Crippen LogP contribution >= 0.6 is 0 Å². The molecule has 1 amide bonds. The molecule has 0 saturated carbocycles. The van der Waals surface area contributed by atoms with Crippen molar-refractivity contribution in [1.29, 1.82) is 0 Å². The molecule has 1 aliphatic rings. The van der Waals surface area contributed by atoms with Gasteiger partial charge in [0.2, 0.25) is 6.04 Å². The van der Waals surface area contributed by atoms with Crippen molar-refractivity contribution >= 4 is 124 Å². The number of aliphatic hydroxyl groups is 2. The maximum Gasteiger partial charge on any atom is 0.355 e. The highest BCUT2D eigenvalue weighted by Gasteiger charge is 2.41. The molecule has 0 aliphatic carbocycles. The Morgan fingerprint density at radius 2 is 1.12 bits per heavy atom. The number of phenolic OH excluding ortho intramolecular Hbond substituents is 2. The van der Waals surface area contributed by atoms with Crippen LogP contribution in [0.1, 0.15) is 0 Å². The zero-order chi connectivity index (χ0) is 56.7. The van der Waals surface area contributed by atoms with Gasteiger partial charge in [-0.15, -0.1) is 20.5 Å².